The minimum Gasteiger partial charge on any atom is -0.299 e. The molecule has 0 radical (unpaired) electrons. The third-order valence-electron chi connectivity index (χ3n) is 2.21. The van der Waals surface area contributed by atoms with E-state index in [9.17, 15) is 4.79 Å². The van der Waals surface area contributed by atoms with Gasteiger partial charge in [0.25, 0.3) is 0 Å². The smallest absolute Gasteiger partial charge is 0.142 e. The lowest BCUT2D eigenvalue weighted by Gasteiger charge is -1.97. The van der Waals surface area contributed by atoms with Crippen molar-refractivity contribution in [1.82, 2.24) is 0 Å². The first kappa shape index (κ1) is 13.2. The first-order valence-electron chi connectivity index (χ1n) is 5.60. The minimum atomic E-state index is 0.818. The highest BCUT2D eigenvalue weighted by molar-refractivity contribution is 5.65. The molecule has 0 N–H and O–H groups in total. The molecular weight excluding hydrogens is 172 g/mol. The van der Waals surface area contributed by atoms with Crippen molar-refractivity contribution in [2.45, 2.75) is 52.4 Å². The van der Waals surface area contributed by atoms with Crippen molar-refractivity contribution >= 4 is 6.29 Å². The molecule has 0 aromatic heterocycles. The van der Waals surface area contributed by atoms with Gasteiger partial charge >= 0.3 is 0 Å². The summed E-state index contributed by atoms with van der Waals surface area (Å²) in [6.45, 7) is 4.26. The van der Waals surface area contributed by atoms with Gasteiger partial charge in [0.15, 0.2) is 0 Å². The summed E-state index contributed by atoms with van der Waals surface area (Å²) in [7, 11) is 0. The Labute approximate surface area is 87.9 Å². The van der Waals surface area contributed by atoms with Crippen molar-refractivity contribution in [3.05, 3.63) is 23.8 Å². The predicted molar refractivity (Wildman–Crippen MR) is 62.3 cm³/mol. The average molecular weight is 194 g/mol. The van der Waals surface area contributed by atoms with Crippen molar-refractivity contribution in [1.29, 1.82) is 0 Å². The number of carbonyl (C=O) groups is 1. The number of hydrogen-bond acceptors (Lipinski definition) is 1. The van der Waals surface area contributed by atoms with Crippen LogP contribution in [0.1, 0.15) is 52.4 Å². The Morgan fingerprint density at radius 3 is 2.50 bits per heavy atom. The molecule has 0 spiro atoms. The van der Waals surface area contributed by atoms with E-state index in [4.69, 9.17) is 0 Å². The molecule has 0 saturated carbocycles. The molecule has 0 aromatic carbocycles. The van der Waals surface area contributed by atoms with Crippen LogP contribution in [-0.2, 0) is 4.79 Å². The molecule has 1 heteroatoms. The molecule has 0 unspecified atom stereocenters. The minimum absolute atomic E-state index is 0.818. The van der Waals surface area contributed by atoms with Gasteiger partial charge in [-0.1, -0.05) is 50.3 Å². The normalized spacial score (nSPS) is 12.3. The van der Waals surface area contributed by atoms with Crippen LogP contribution in [0.2, 0.25) is 0 Å². The van der Waals surface area contributed by atoms with E-state index in [1.165, 1.54) is 37.7 Å². The molecule has 0 bridgehead atoms. The monoisotopic (exact) mass is 194 g/mol. The Bertz CT molecular complexity index is 189. The standard InChI is InChI=1S/C13H22O/c1-3-4-5-6-7-8-10-13(2)11-9-12-14/h9-12H,3-8H2,1-2H3/b11-9+,13-10+. The van der Waals surface area contributed by atoms with E-state index >= 15 is 0 Å². The molecule has 0 rings (SSSR count). The lowest BCUT2D eigenvalue weighted by Crippen LogP contribution is -1.77. The van der Waals surface area contributed by atoms with E-state index < -0.39 is 0 Å². The molecule has 0 aromatic rings. The first-order valence-corrected chi connectivity index (χ1v) is 5.60. The second kappa shape index (κ2) is 10.2. The molecule has 80 valence electrons. The lowest BCUT2D eigenvalue weighted by atomic mass is 10.1. The summed E-state index contributed by atoms with van der Waals surface area (Å²) in [5.41, 5.74) is 1.19. The highest BCUT2D eigenvalue weighted by Crippen LogP contribution is 2.07. The van der Waals surface area contributed by atoms with Crippen molar-refractivity contribution in [2.24, 2.45) is 0 Å². The van der Waals surface area contributed by atoms with Crippen molar-refractivity contribution in [3.63, 3.8) is 0 Å². The second-order valence-electron chi connectivity index (χ2n) is 3.65. The second-order valence-corrected chi connectivity index (χ2v) is 3.65. The van der Waals surface area contributed by atoms with Gasteiger partial charge in [-0.15, -0.1) is 0 Å². The number of rotatable bonds is 8. The third kappa shape index (κ3) is 9.24. The zero-order valence-corrected chi connectivity index (χ0v) is 9.46. The van der Waals surface area contributed by atoms with Crippen LogP contribution in [-0.4, -0.2) is 6.29 Å². The zero-order valence-electron chi connectivity index (χ0n) is 9.46. The van der Waals surface area contributed by atoms with Crippen LogP contribution >= 0.6 is 0 Å². The molecule has 0 amide bonds. The Morgan fingerprint density at radius 1 is 1.14 bits per heavy atom. The van der Waals surface area contributed by atoms with E-state index in [1.54, 1.807) is 6.08 Å². The maximum Gasteiger partial charge on any atom is 0.142 e. The number of unbranched alkanes of at least 4 members (excludes halogenated alkanes) is 5. The van der Waals surface area contributed by atoms with Gasteiger partial charge in [0.05, 0.1) is 0 Å². The van der Waals surface area contributed by atoms with Crippen LogP contribution in [0.5, 0.6) is 0 Å². The van der Waals surface area contributed by atoms with Gasteiger partial charge in [-0.2, -0.15) is 0 Å². The Balaban J connectivity index is 3.41. The summed E-state index contributed by atoms with van der Waals surface area (Å²) in [4.78, 5) is 10.0. The highest BCUT2D eigenvalue weighted by atomic mass is 16.1. The van der Waals surface area contributed by atoms with Crippen LogP contribution < -0.4 is 0 Å². The fourth-order valence-corrected chi connectivity index (χ4v) is 1.34. The van der Waals surface area contributed by atoms with Crippen LogP contribution in [0.15, 0.2) is 23.8 Å². The average Bonchev–Trinajstić information content (AvgIpc) is 2.20. The largest absolute Gasteiger partial charge is 0.299 e. The fraction of sp³-hybridized carbons (Fsp3) is 0.615. The van der Waals surface area contributed by atoms with Crippen LogP contribution in [0, 0.1) is 0 Å². The Hall–Kier alpha value is -0.850. The number of hydrogen-bond donors (Lipinski definition) is 0. The van der Waals surface area contributed by atoms with Gasteiger partial charge in [0.2, 0.25) is 0 Å². The summed E-state index contributed by atoms with van der Waals surface area (Å²) in [6.07, 6.45) is 14.2. The van der Waals surface area contributed by atoms with Crippen molar-refractivity contribution in [2.75, 3.05) is 0 Å². The first-order chi connectivity index (χ1) is 6.81. The summed E-state index contributed by atoms with van der Waals surface area (Å²) in [5, 5.41) is 0. The molecule has 0 fully saturated rings. The molecule has 0 heterocycles. The summed E-state index contributed by atoms with van der Waals surface area (Å²) in [5.74, 6) is 0. The van der Waals surface area contributed by atoms with Crippen LogP contribution in [0.3, 0.4) is 0 Å². The SMILES string of the molecule is CCCCCCC/C=C(C)/C=C/C=O. The van der Waals surface area contributed by atoms with Crippen LogP contribution in [0.4, 0.5) is 0 Å². The van der Waals surface area contributed by atoms with E-state index in [0.29, 0.717) is 0 Å². The van der Waals surface area contributed by atoms with E-state index in [2.05, 4.69) is 13.0 Å². The maximum atomic E-state index is 10.0. The lowest BCUT2D eigenvalue weighted by molar-refractivity contribution is -0.104. The molecule has 0 saturated heterocycles. The summed E-state index contributed by atoms with van der Waals surface area (Å²) >= 11 is 0. The van der Waals surface area contributed by atoms with E-state index in [0.717, 1.165) is 12.7 Å². The molecule has 0 aliphatic carbocycles. The topological polar surface area (TPSA) is 17.1 Å². The van der Waals surface area contributed by atoms with Crippen LogP contribution in [0.25, 0.3) is 0 Å². The summed E-state index contributed by atoms with van der Waals surface area (Å²) < 4.78 is 0. The van der Waals surface area contributed by atoms with Gasteiger partial charge in [-0.05, 0) is 25.8 Å². The van der Waals surface area contributed by atoms with Crippen molar-refractivity contribution < 1.29 is 4.79 Å². The fourth-order valence-electron chi connectivity index (χ4n) is 1.34. The molecule has 0 aliphatic rings. The highest BCUT2D eigenvalue weighted by Gasteiger charge is 1.87. The zero-order chi connectivity index (χ0) is 10.6. The number of allylic oxidation sites excluding steroid dienone is 4. The molecule has 14 heavy (non-hydrogen) atoms. The maximum absolute atomic E-state index is 10.0. The van der Waals surface area contributed by atoms with Gasteiger partial charge in [-0.3, -0.25) is 4.79 Å². The predicted octanol–water partition coefficient (Wildman–Crippen LogP) is 4.05. The van der Waals surface area contributed by atoms with Crippen molar-refractivity contribution in [3.8, 4) is 0 Å². The molecular formula is C13H22O. The molecule has 0 aliphatic heterocycles. The van der Waals surface area contributed by atoms with Gasteiger partial charge in [0.1, 0.15) is 6.29 Å². The number of carbonyl (C=O) groups excluding carboxylic acids is 1. The van der Waals surface area contributed by atoms with E-state index in [1.807, 2.05) is 13.0 Å². The van der Waals surface area contributed by atoms with Gasteiger partial charge in [-0.25, -0.2) is 0 Å². The third-order valence-corrected chi connectivity index (χ3v) is 2.21. The quantitative estimate of drug-likeness (QED) is 0.246. The Kier molecular flexibility index (Phi) is 9.61. The number of aldehydes is 1. The molecule has 1 nitrogen and oxygen atoms in total. The van der Waals surface area contributed by atoms with E-state index in [-0.39, 0.29) is 0 Å². The Morgan fingerprint density at radius 2 is 1.86 bits per heavy atom. The molecule has 0 atom stereocenters. The van der Waals surface area contributed by atoms with Gasteiger partial charge < -0.3 is 0 Å². The van der Waals surface area contributed by atoms with Gasteiger partial charge in [0, 0.05) is 0 Å². The summed E-state index contributed by atoms with van der Waals surface area (Å²) in [6, 6.07) is 0.